The molecular formula is C20H27N5O3. The largest absolute Gasteiger partial charge is 0.393 e. The lowest BCUT2D eigenvalue weighted by Gasteiger charge is -2.48. The predicted molar refractivity (Wildman–Crippen MR) is 102 cm³/mol. The van der Waals surface area contributed by atoms with Gasteiger partial charge in [0, 0.05) is 25.1 Å². The number of hydrogen-bond acceptors (Lipinski definition) is 6. The molecule has 2 aliphatic heterocycles. The first-order valence-corrected chi connectivity index (χ1v) is 9.94. The SMILES string of the molecule is CC(C)[C@H]1C[C@@H](O)CC2(CCN(C(=O)c3ccc(-n4cnnn4)cc3)CC2)O1. The number of nitrogens with zero attached hydrogens (tertiary/aromatic N) is 5. The lowest BCUT2D eigenvalue weighted by Crippen LogP contribution is -2.54. The van der Waals surface area contributed by atoms with Gasteiger partial charge in [0.05, 0.1) is 23.5 Å². The van der Waals surface area contributed by atoms with Crippen LogP contribution in [0.2, 0.25) is 0 Å². The van der Waals surface area contributed by atoms with E-state index in [2.05, 4.69) is 29.4 Å². The number of aliphatic hydroxyl groups is 1. The van der Waals surface area contributed by atoms with Crippen LogP contribution in [0.4, 0.5) is 0 Å². The summed E-state index contributed by atoms with van der Waals surface area (Å²) >= 11 is 0. The number of benzene rings is 1. The third-order valence-electron chi connectivity index (χ3n) is 5.95. The van der Waals surface area contributed by atoms with Gasteiger partial charge in [0.25, 0.3) is 5.91 Å². The van der Waals surface area contributed by atoms with Gasteiger partial charge < -0.3 is 14.7 Å². The number of carbonyl (C=O) groups is 1. The smallest absolute Gasteiger partial charge is 0.253 e. The average Bonchev–Trinajstić information content (AvgIpc) is 3.22. The summed E-state index contributed by atoms with van der Waals surface area (Å²) < 4.78 is 7.97. The lowest BCUT2D eigenvalue weighted by molar-refractivity contribution is -0.190. The van der Waals surface area contributed by atoms with E-state index in [1.807, 2.05) is 17.0 Å². The maximum Gasteiger partial charge on any atom is 0.253 e. The standard InChI is InChI=1S/C20H27N5O3/c1-14(2)18-11-17(26)12-20(28-18)7-9-24(10-8-20)19(27)15-3-5-16(6-4-15)25-13-21-22-23-25/h3-6,13-14,17-18,26H,7-12H2,1-2H3/t17-,18-/m1/s1. The second-order valence-corrected chi connectivity index (χ2v) is 8.27. The predicted octanol–water partition coefficient (Wildman–Crippen LogP) is 1.83. The van der Waals surface area contributed by atoms with Crippen LogP contribution in [0.1, 0.15) is 49.9 Å². The second kappa shape index (κ2) is 7.60. The molecule has 4 rings (SSSR count). The molecule has 2 aliphatic rings. The van der Waals surface area contributed by atoms with E-state index in [1.165, 1.54) is 6.33 Å². The van der Waals surface area contributed by atoms with Gasteiger partial charge in [-0.05, 0) is 59.9 Å². The van der Waals surface area contributed by atoms with Crippen LogP contribution in [0.5, 0.6) is 0 Å². The number of aromatic nitrogens is 4. The highest BCUT2D eigenvalue weighted by Gasteiger charge is 2.44. The number of rotatable bonds is 3. The summed E-state index contributed by atoms with van der Waals surface area (Å²) in [7, 11) is 0. The minimum Gasteiger partial charge on any atom is -0.393 e. The maximum absolute atomic E-state index is 12.9. The van der Waals surface area contributed by atoms with Crippen LogP contribution >= 0.6 is 0 Å². The second-order valence-electron chi connectivity index (χ2n) is 8.27. The normalized spacial score (nSPS) is 24.6. The summed E-state index contributed by atoms with van der Waals surface area (Å²) in [5, 5.41) is 21.4. The monoisotopic (exact) mass is 385 g/mol. The molecule has 1 amide bonds. The molecule has 1 aromatic carbocycles. The van der Waals surface area contributed by atoms with Crippen molar-refractivity contribution >= 4 is 5.91 Å². The van der Waals surface area contributed by atoms with E-state index >= 15 is 0 Å². The molecule has 8 heteroatoms. The van der Waals surface area contributed by atoms with Gasteiger partial charge >= 0.3 is 0 Å². The van der Waals surface area contributed by atoms with Gasteiger partial charge in [-0.2, -0.15) is 0 Å². The van der Waals surface area contributed by atoms with Gasteiger partial charge in [-0.15, -0.1) is 5.10 Å². The number of likely N-dealkylation sites (tertiary alicyclic amines) is 1. The highest BCUT2D eigenvalue weighted by molar-refractivity contribution is 5.94. The summed E-state index contributed by atoms with van der Waals surface area (Å²) in [6.45, 7) is 5.55. The fourth-order valence-corrected chi connectivity index (χ4v) is 4.26. The third-order valence-corrected chi connectivity index (χ3v) is 5.95. The first kappa shape index (κ1) is 19.0. The van der Waals surface area contributed by atoms with Crippen LogP contribution in [0.15, 0.2) is 30.6 Å². The number of tetrazole rings is 1. The Morgan fingerprint density at radius 1 is 1.25 bits per heavy atom. The molecule has 0 unspecified atom stereocenters. The maximum atomic E-state index is 12.9. The molecule has 2 fully saturated rings. The minimum atomic E-state index is -0.317. The molecule has 150 valence electrons. The third kappa shape index (κ3) is 3.79. The number of piperidine rings is 1. The first-order chi connectivity index (χ1) is 13.5. The van der Waals surface area contributed by atoms with E-state index in [1.54, 1.807) is 16.8 Å². The Morgan fingerprint density at radius 2 is 1.96 bits per heavy atom. The van der Waals surface area contributed by atoms with Crippen LogP contribution in [0.3, 0.4) is 0 Å². The molecule has 3 heterocycles. The van der Waals surface area contributed by atoms with Gasteiger partial charge in [-0.3, -0.25) is 4.79 Å². The number of aliphatic hydroxyl groups excluding tert-OH is 1. The van der Waals surface area contributed by atoms with E-state index < -0.39 is 0 Å². The van der Waals surface area contributed by atoms with Gasteiger partial charge in [0.1, 0.15) is 6.33 Å². The van der Waals surface area contributed by atoms with Crippen molar-refractivity contribution in [3.05, 3.63) is 36.2 Å². The molecule has 1 spiro atoms. The summed E-state index contributed by atoms with van der Waals surface area (Å²) in [4.78, 5) is 14.8. The van der Waals surface area contributed by atoms with Crippen molar-refractivity contribution < 1.29 is 14.6 Å². The molecule has 0 radical (unpaired) electrons. The zero-order valence-electron chi connectivity index (χ0n) is 16.4. The van der Waals surface area contributed by atoms with Gasteiger partial charge in [0.2, 0.25) is 0 Å². The molecular weight excluding hydrogens is 358 g/mol. The van der Waals surface area contributed by atoms with E-state index in [4.69, 9.17) is 4.74 Å². The highest BCUT2D eigenvalue weighted by Crippen LogP contribution is 2.39. The summed E-state index contributed by atoms with van der Waals surface area (Å²) in [5.41, 5.74) is 1.16. The minimum absolute atomic E-state index is 0.0230. The first-order valence-electron chi connectivity index (χ1n) is 9.94. The highest BCUT2D eigenvalue weighted by atomic mass is 16.5. The van der Waals surface area contributed by atoms with Crippen molar-refractivity contribution in [1.29, 1.82) is 0 Å². The molecule has 0 bridgehead atoms. The lowest BCUT2D eigenvalue weighted by atomic mass is 9.80. The fourth-order valence-electron chi connectivity index (χ4n) is 4.26. The quantitative estimate of drug-likeness (QED) is 0.866. The van der Waals surface area contributed by atoms with Gasteiger partial charge in [-0.1, -0.05) is 13.8 Å². The molecule has 1 aromatic heterocycles. The van der Waals surface area contributed by atoms with Crippen LogP contribution in [0.25, 0.3) is 5.69 Å². The van der Waals surface area contributed by atoms with Crippen molar-refractivity contribution in [1.82, 2.24) is 25.1 Å². The number of amides is 1. The van der Waals surface area contributed by atoms with Crippen molar-refractivity contribution in [3.63, 3.8) is 0 Å². The molecule has 2 aromatic rings. The summed E-state index contributed by atoms with van der Waals surface area (Å²) in [6, 6.07) is 7.28. The number of hydrogen-bond donors (Lipinski definition) is 1. The zero-order valence-corrected chi connectivity index (χ0v) is 16.4. The van der Waals surface area contributed by atoms with E-state index in [0.717, 1.165) is 18.5 Å². The summed E-state index contributed by atoms with van der Waals surface area (Å²) in [6.07, 6.45) is 4.19. The van der Waals surface area contributed by atoms with Gasteiger partial charge in [0.15, 0.2) is 0 Å². The average molecular weight is 385 g/mol. The Hall–Kier alpha value is -2.32. The topological polar surface area (TPSA) is 93.4 Å². The van der Waals surface area contributed by atoms with Crippen LogP contribution in [0, 0.1) is 5.92 Å². The Morgan fingerprint density at radius 3 is 2.57 bits per heavy atom. The van der Waals surface area contributed by atoms with E-state index in [9.17, 15) is 9.90 Å². The van der Waals surface area contributed by atoms with Crippen molar-refractivity contribution in [2.45, 2.75) is 57.3 Å². The Kier molecular flexibility index (Phi) is 5.16. The van der Waals surface area contributed by atoms with E-state index in [-0.39, 0.29) is 23.7 Å². The van der Waals surface area contributed by atoms with Crippen LogP contribution < -0.4 is 0 Å². The molecule has 8 nitrogen and oxygen atoms in total. The van der Waals surface area contributed by atoms with Crippen molar-refractivity contribution in [3.8, 4) is 5.69 Å². The molecule has 0 aliphatic carbocycles. The van der Waals surface area contributed by atoms with Crippen LogP contribution in [-0.2, 0) is 4.74 Å². The van der Waals surface area contributed by atoms with Crippen LogP contribution in [-0.4, -0.2) is 67.0 Å². The van der Waals surface area contributed by atoms with Gasteiger partial charge in [-0.25, -0.2) is 4.68 Å². The molecule has 0 saturated carbocycles. The Bertz CT molecular complexity index is 798. The molecule has 28 heavy (non-hydrogen) atoms. The van der Waals surface area contributed by atoms with Crippen molar-refractivity contribution in [2.75, 3.05) is 13.1 Å². The molecule has 2 atom stereocenters. The fraction of sp³-hybridized carbons (Fsp3) is 0.600. The summed E-state index contributed by atoms with van der Waals surface area (Å²) in [5.74, 6) is 0.403. The number of ether oxygens (including phenoxy) is 1. The van der Waals surface area contributed by atoms with Crippen molar-refractivity contribution in [2.24, 2.45) is 5.92 Å². The number of carbonyl (C=O) groups excluding carboxylic acids is 1. The van der Waals surface area contributed by atoms with E-state index in [0.29, 0.717) is 37.4 Å². The Labute approximate surface area is 164 Å². The Balaban J connectivity index is 1.40. The molecule has 1 N–H and O–H groups in total. The molecule has 2 saturated heterocycles. The zero-order chi connectivity index (χ0) is 19.7.